The predicted molar refractivity (Wildman–Crippen MR) is 143 cm³/mol. The summed E-state index contributed by atoms with van der Waals surface area (Å²) in [5.74, 6) is 1.71. The Bertz CT molecular complexity index is 1100. The van der Waals surface area contributed by atoms with Crippen molar-refractivity contribution in [1.29, 1.82) is 0 Å². The van der Waals surface area contributed by atoms with Gasteiger partial charge in [-0.05, 0) is 68.4 Å². The van der Waals surface area contributed by atoms with Crippen LogP contribution in [0.3, 0.4) is 0 Å². The summed E-state index contributed by atoms with van der Waals surface area (Å²) in [6.45, 7) is 1.07. The molecule has 3 aromatic rings. The normalized spacial score (nSPS) is 22.1. The molecule has 2 aliphatic carbocycles. The lowest BCUT2D eigenvalue weighted by Gasteiger charge is -2.35. The fourth-order valence-corrected chi connectivity index (χ4v) is 5.98. The number of anilines is 2. The Hall–Kier alpha value is -2.37. The van der Waals surface area contributed by atoms with E-state index in [4.69, 9.17) is 21.6 Å². The second-order valence-electron chi connectivity index (χ2n) is 10.4. The van der Waals surface area contributed by atoms with Crippen LogP contribution in [0, 0.1) is 0 Å². The highest BCUT2D eigenvalue weighted by Gasteiger charge is 2.36. The van der Waals surface area contributed by atoms with Crippen LogP contribution in [0.4, 0.5) is 11.8 Å². The number of nitrogens with one attached hydrogen (secondary N) is 2. The molecule has 0 unspecified atom stereocenters. The quantitative estimate of drug-likeness (QED) is 0.426. The second-order valence-corrected chi connectivity index (χ2v) is 10.8. The molecule has 2 aliphatic rings. The van der Waals surface area contributed by atoms with Crippen molar-refractivity contribution >= 4 is 34.3 Å². The van der Waals surface area contributed by atoms with Gasteiger partial charge in [0.2, 0.25) is 5.95 Å². The summed E-state index contributed by atoms with van der Waals surface area (Å²) in [4.78, 5) is 11.7. The minimum absolute atomic E-state index is 0.265. The van der Waals surface area contributed by atoms with Gasteiger partial charge in [-0.1, -0.05) is 48.7 Å². The van der Waals surface area contributed by atoms with Crippen molar-refractivity contribution in [2.24, 2.45) is 0 Å². The predicted octanol–water partition coefficient (Wildman–Crippen LogP) is 6.17. The molecule has 5 rings (SSSR count). The van der Waals surface area contributed by atoms with Gasteiger partial charge in [0.1, 0.15) is 5.82 Å². The Kier molecular flexibility index (Phi) is 6.94. The topological polar surface area (TPSA) is 53.1 Å². The lowest BCUT2D eigenvalue weighted by molar-refractivity contribution is 0.311. The van der Waals surface area contributed by atoms with Gasteiger partial charge in [0.15, 0.2) is 0 Å². The zero-order valence-corrected chi connectivity index (χ0v) is 21.1. The van der Waals surface area contributed by atoms with E-state index in [0.29, 0.717) is 12.1 Å². The van der Waals surface area contributed by atoms with Crippen molar-refractivity contribution in [2.75, 3.05) is 30.9 Å². The van der Waals surface area contributed by atoms with E-state index >= 15 is 0 Å². The number of benzene rings is 2. The van der Waals surface area contributed by atoms with Gasteiger partial charge in [-0.3, -0.25) is 0 Å². The van der Waals surface area contributed by atoms with Crippen molar-refractivity contribution < 1.29 is 0 Å². The molecule has 1 heterocycles. The van der Waals surface area contributed by atoms with Gasteiger partial charge in [-0.2, -0.15) is 4.98 Å². The lowest BCUT2D eigenvalue weighted by atomic mass is 9.78. The van der Waals surface area contributed by atoms with Crippen LogP contribution in [0.25, 0.3) is 10.9 Å². The third kappa shape index (κ3) is 5.01. The first-order chi connectivity index (χ1) is 16.5. The summed E-state index contributed by atoms with van der Waals surface area (Å²) < 4.78 is 0. The molecule has 0 atom stereocenters. The highest BCUT2D eigenvalue weighted by atomic mass is 35.5. The number of para-hydroxylation sites is 1. The number of fused-ring (bicyclic) bond motifs is 1. The summed E-state index contributed by atoms with van der Waals surface area (Å²) in [5.41, 5.74) is 2.70. The Morgan fingerprint density at radius 2 is 1.59 bits per heavy atom. The molecule has 180 valence electrons. The van der Waals surface area contributed by atoms with Crippen LogP contribution in [-0.4, -0.2) is 42.7 Å². The molecule has 0 radical (unpaired) electrons. The van der Waals surface area contributed by atoms with Gasteiger partial charge < -0.3 is 15.5 Å². The first-order valence-corrected chi connectivity index (χ1v) is 13.1. The largest absolute Gasteiger partial charge is 0.362 e. The van der Waals surface area contributed by atoms with E-state index in [0.717, 1.165) is 47.1 Å². The van der Waals surface area contributed by atoms with Gasteiger partial charge in [-0.25, -0.2) is 4.98 Å². The second kappa shape index (κ2) is 10.1. The number of nitrogens with zero attached hydrogens (tertiary/aromatic N) is 3. The van der Waals surface area contributed by atoms with Crippen LogP contribution in [0.5, 0.6) is 0 Å². The minimum Gasteiger partial charge on any atom is -0.362 e. The third-order valence-electron chi connectivity index (χ3n) is 7.81. The van der Waals surface area contributed by atoms with Gasteiger partial charge in [0, 0.05) is 48.5 Å². The molecule has 2 saturated carbocycles. The van der Waals surface area contributed by atoms with Crippen LogP contribution in [0.1, 0.15) is 56.9 Å². The van der Waals surface area contributed by atoms with Crippen LogP contribution >= 0.6 is 11.6 Å². The molecule has 5 nitrogen and oxygen atoms in total. The smallest absolute Gasteiger partial charge is 0.225 e. The third-order valence-corrected chi connectivity index (χ3v) is 8.07. The van der Waals surface area contributed by atoms with E-state index in [1.807, 2.05) is 38.4 Å². The highest BCUT2D eigenvalue weighted by Crippen LogP contribution is 2.41. The average molecular weight is 478 g/mol. The molecule has 0 amide bonds. The zero-order valence-electron chi connectivity index (χ0n) is 20.4. The molecule has 34 heavy (non-hydrogen) atoms. The number of halogens is 1. The highest BCUT2D eigenvalue weighted by molar-refractivity contribution is 6.30. The Balaban J connectivity index is 1.19. The molecular weight excluding hydrogens is 442 g/mol. The van der Waals surface area contributed by atoms with E-state index in [2.05, 4.69) is 39.8 Å². The molecule has 2 fully saturated rings. The fraction of sp³-hybridized carbons (Fsp3) is 0.500. The van der Waals surface area contributed by atoms with E-state index < -0.39 is 0 Å². The maximum atomic E-state index is 6.15. The molecule has 2 N–H and O–H groups in total. The molecule has 0 aliphatic heterocycles. The Labute approximate surface area is 208 Å². The maximum Gasteiger partial charge on any atom is 0.225 e. The van der Waals surface area contributed by atoms with Crippen LogP contribution in [-0.2, 0) is 5.41 Å². The van der Waals surface area contributed by atoms with Gasteiger partial charge in [-0.15, -0.1) is 0 Å². The maximum absolute atomic E-state index is 6.15. The van der Waals surface area contributed by atoms with Crippen molar-refractivity contribution in [3.05, 3.63) is 59.1 Å². The summed E-state index contributed by atoms with van der Waals surface area (Å²) in [7, 11) is 4.08. The van der Waals surface area contributed by atoms with Gasteiger partial charge >= 0.3 is 0 Å². The zero-order chi connectivity index (χ0) is 23.5. The molecule has 0 bridgehead atoms. The number of aromatic nitrogens is 2. The SMILES string of the molecule is CN(C)c1nc(N[C@H]2CC[C@@H](NCC3(c4ccc(Cl)cc4)CCCC3)CC2)nc2ccccc12. The number of hydrogen-bond acceptors (Lipinski definition) is 5. The van der Waals surface area contributed by atoms with Crippen LogP contribution < -0.4 is 15.5 Å². The molecule has 1 aromatic heterocycles. The number of rotatable bonds is 7. The van der Waals surface area contributed by atoms with E-state index in [1.54, 1.807) is 0 Å². The average Bonchev–Trinajstić information content (AvgIpc) is 3.33. The van der Waals surface area contributed by atoms with Crippen LogP contribution in [0.15, 0.2) is 48.5 Å². The first-order valence-electron chi connectivity index (χ1n) is 12.7. The Morgan fingerprint density at radius 3 is 2.29 bits per heavy atom. The molecule has 6 heteroatoms. The van der Waals surface area contributed by atoms with Crippen molar-refractivity contribution in [3.63, 3.8) is 0 Å². The Morgan fingerprint density at radius 1 is 0.912 bits per heavy atom. The summed E-state index contributed by atoms with van der Waals surface area (Å²) in [6.07, 6.45) is 9.82. The number of hydrogen-bond donors (Lipinski definition) is 2. The van der Waals surface area contributed by atoms with Gasteiger partial charge in [0.25, 0.3) is 0 Å². The van der Waals surface area contributed by atoms with E-state index in [9.17, 15) is 0 Å². The van der Waals surface area contributed by atoms with Crippen molar-refractivity contribution in [1.82, 2.24) is 15.3 Å². The molecular formula is C28H36ClN5. The van der Waals surface area contributed by atoms with Gasteiger partial charge in [0.05, 0.1) is 5.52 Å². The standard InChI is InChI=1S/C28H36ClN5/c1-34(2)26-24-7-3-4-8-25(24)32-27(33-26)31-23-15-13-22(14-16-23)30-19-28(17-5-6-18-28)20-9-11-21(29)12-10-20/h3-4,7-12,22-23,30H,5-6,13-19H2,1-2H3,(H,31,32,33)/t22-,23+. The molecule has 0 saturated heterocycles. The van der Waals surface area contributed by atoms with Crippen molar-refractivity contribution in [2.45, 2.75) is 68.9 Å². The lowest BCUT2D eigenvalue weighted by Crippen LogP contribution is -2.44. The van der Waals surface area contributed by atoms with Crippen molar-refractivity contribution in [3.8, 4) is 0 Å². The summed E-state index contributed by atoms with van der Waals surface area (Å²) in [6, 6.07) is 17.8. The molecule has 0 spiro atoms. The molecule has 2 aromatic carbocycles. The summed E-state index contributed by atoms with van der Waals surface area (Å²) in [5, 5.41) is 9.50. The van der Waals surface area contributed by atoms with E-state index in [-0.39, 0.29) is 5.41 Å². The summed E-state index contributed by atoms with van der Waals surface area (Å²) >= 11 is 6.15. The van der Waals surface area contributed by atoms with Crippen LogP contribution in [0.2, 0.25) is 5.02 Å². The first kappa shape index (κ1) is 23.4. The monoisotopic (exact) mass is 477 g/mol. The fourth-order valence-electron chi connectivity index (χ4n) is 5.85. The minimum atomic E-state index is 0.265. The van der Waals surface area contributed by atoms with E-state index in [1.165, 1.54) is 44.1 Å².